The number of halogens is 3. The summed E-state index contributed by atoms with van der Waals surface area (Å²) < 4.78 is 42.8. The second-order valence-corrected chi connectivity index (χ2v) is 12.1. The molecule has 5 rings (SSSR count). The summed E-state index contributed by atoms with van der Waals surface area (Å²) in [6.07, 6.45) is 0.742. The number of likely N-dealkylation sites (tertiary alicyclic amines) is 2. The molecule has 0 bridgehead atoms. The van der Waals surface area contributed by atoms with Gasteiger partial charge in [-0.15, -0.1) is 0 Å². The van der Waals surface area contributed by atoms with Gasteiger partial charge in [0.2, 0.25) is 0 Å². The second-order valence-electron chi connectivity index (χ2n) is 12.1. The summed E-state index contributed by atoms with van der Waals surface area (Å²) in [5.74, 6) is -1.64. The minimum atomic E-state index is -4.45. The van der Waals surface area contributed by atoms with Gasteiger partial charge in [0.1, 0.15) is 6.04 Å². The van der Waals surface area contributed by atoms with E-state index in [1.807, 2.05) is 4.68 Å². The molecule has 2 saturated heterocycles. The predicted octanol–water partition coefficient (Wildman–Crippen LogP) is 5.21. The van der Waals surface area contributed by atoms with Crippen molar-refractivity contribution in [3.05, 3.63) is 52.8 Å². The van der Waals surface area contributed by atoms with Crippen LogP contribution in [0.4, 0.5) is 18.0 Å². The Morgan fingerprint density at radius 2 is 1.62 bits per heavy atom. The third kappa shape index (κ3) is 5.85. The standard InChI is InChI=1S/C30H38F3N5O4/c1-18(2)25(28(40)41)35(3)29(42)36-14-11-21(12-15-36)38-26(19-8-9-19)23(16-34-38)27(39)37-13-10-20(17-37)22-6-4-5-7-24(22)30(31,32)33/h4-7,16,18-21,25H,8-15,17H2,1-3H3,(H,40,41)/t20?,25-/m0/s1. The van der Waals surface area contributed by atoms with Crippen LogP contribution in [0.1, 0.15) is 91.0 Å². The van der Waals surface area contributed by atoms with Gasteiger partial charge in [-0.2, -0.15) is 18.3 Å². The highest BCUT2D eigenvalue weighted by molar-refractivity contribution is 5.95. The first kappa shape index (κ1) is 29.9. The van der Waals surface area contributed by atoms with Crippen molar-refractivity contribution >= 4 is 17.9 Å². The van der Waals surface area contributed by atoms with Crippen molar-refractivity contribution in [2.45, 2.75) is 76.0 Å². The van der Waals surface area contributed by atoms with Crippen LogP contribution >= 0.6 is 0 Å². The van der Waals surface area contributed by atoms with Gasteiger partial charge in [0, 0.05) is 45.1 Å². The van der Waals surface area contributed by atoms with Crippen LogP contribution in [-0.2, 0) is 11.0 Å². The summed E-state index contributed by atoms with van der Waals surface area (Å²) in [5.41, 5.74) is 0.983. The molecule has 3 amide bonds. The Labute approximate surface area is 243 Å². The molecule has 3 fully saturated rings. The van der Waals surface area contributed by atoms with E-state index in [9.17, 15) is 32.7 Å². The highest BCUT2D eigenvalue weighted by Crippen LogP contribution is 2.44. The Morgan fingerprint density at radius 1 is 0.976 bits per heavy atom. The zero-order valence-electron chi connectivity index (χ0n) is 24.2. The van der Waals surface area contributed by atoms with E-state index < -0.39 is 23.8 Å². The number of carboxylic acids is 1. The van der Waals surface area contributed by atoms with Gasteiger partial charge >= 0.3 is 18.2 Å². The Kier molecular flexibility index (Phi) is 8.26. The molecule has 9 nitrogen and oxygen atoms in total. The van der Waals surface area contributed by atoms with Gasteiger partial charge in [-0.3, -0.25) is 9.48 Å². The monoisotopic (exact) mass is 589 g/mol. The van der Waals surface area contributed by atoms with Crippen molar-refractivity contribution in [3.63, 3.8) is 0 Å². The number of benzene rings is 1. The molecule has 2 aliphatic heterocycles. The number of amides is 3. The fourth-order valence-electron chi connectivity index (χ4n) is 6.61. The van der Waals surface area contributed by atoms with Crippen molar-refractivity contribution in [2.75, 3.05) is 33.2 Å². The Morgan fingerprint density at radius 3 is 2.21 bits per heavy atom. The van der Waals surface area contributed by atoms with E-state index in [0.29, 0.717) is 44.5 Å². The number of alkyl halides is 3. The molecule has 0 radical (unpaired) electrons. The summed E-state index contributed by atoms with van der Waals surface area (Å²) >= 11 is 0. The average Bonchev–Trinajstić information content (AvgIpc) is 3.49. The van der Waals surface area contributed by atoms with Crippen LogP contribution in [0, 0.1) is 5.92 Å². The van der Waals surface area contributed by atoms with Crippen LogP contribution in [-0.4, -0.2) is 86.8 Å². The number of hydrogen-bond acceptors (Lipinski definition) is 4. The normalized spacial score (nSPS) is 20.7. The Balaban J connectivity index is 1.27. The SMILES string of the molecule is CC(C)[C@@H](C(=O)O)N(C)C(=O)N1CCC(n2ncc(C(=O)N3CCC(c4ccccc4C(F)(F)F)C3)c2C2CC2)CC1. The van der Waals surface area contributed by atoms with Gasteiger partial charge < -0.3 is 19.8 Å². The molecule has 1 aromatic carbocycles. The van der Waals surface area contributed by atoms with Gasteiger partial charge in [-0.25, -0.2) is 9.59 Å². The minimum absolute atomic E-state index is 0.0122. The van der Waals surface area contributed by atoms with Crippen molar-refractivity contribution < 1.29 is 32.7 Å². The van der Waals surface area contributed by atoms with Gasteiger partial charge in [0.05, 0.1) is 29.1 Å². The average molecular weight is 590 g/mol. The molecule has 12 heteroatoms. The molecule has 2 atom stereocenters. The number of aromatic nitrogens is 2. The summed E-state index contributed by atoms with van der Waals surface area (Å²) in [5, 5.41) is 14.2. The molecule has 1 aliphatic carbocycles. The lowest BCUT2D eigenvalue weighted by Crippen LogP contribution is -2.52. The van der Waals surface area contributed by atoms with Crippen LogP contribution in [0.5, 0.6) is 0 Å². The predicted molar refractivity (Wildman–Crippen MR) is 148 cm³/mol. The molecule has 1 N–H and O–H groups in total. The van der Waals surface area contributed by atoms with Gasteiger partial charge in [0.15, 0.2) is 0 Å². The maximum Gasteiger partial charge on any atom is 0.416 e. The smallest absolute Gasteiger partial charge is 0.416 e. The van der Waals surface area contributed by atoms with E-state index in [-0.39, 0.29) is 47.8 Å². The summed E-state index contributed by atoms with van der Waals surface area (Å²) in [6, 6.07) is 4.36. The van der Waals surface area contributed by atoms with E-state index in [4.69, 9.17) is 0 Å². The molecular weight excluding hydrogens is 551 g/mol. The second kappa shape index (κ2) is 11.6. The number of rotatable bonds is 7. The van der Waals surface area contributed by atoms with Crippen LogP contribution < -0.4 is 0 Å². The summed E-state index contributed by atoms with van der Waals surface area (Å²) in [6.45, 7) is 5.04. The van der Waals surface area contributed by atoms with Crippen molar-refractivity contribution in [3.8, 4) is 0 Å². The Bertz CT molecular complexity index is 1330. The summed E-state index contributed by atoms with van der Waals surface area (Å²) in [7, 11) is 1.52. The lowest BCUT2D eigenvalue weighted by Gasteiger charge is -2.37. The van der Waals surface area contributed by atoms with Crippen LogP contribution in [0.2, 0.25) is 0 Å². The lowest BCUT2D eigenvalue weighted by molar-refractivity contribution is -0.143. The van der Waals surface area contributed by atoms with Gasteiger partial charge in [-0.05, 0) is 49.7 Å². The highest BCUT2D eigenvalue weighted by atomic mass is 19.4. The fraction of sp³-hybridized carbons (Fsp3) is 0.600. The zero-order chi connectivity index (χ0) is 30.3. The van der Waals surface area contributed by atoms with E-state index in [1.54, 1.807) is 35.9 Å². The first-order valence-corrected chi connectivity index (χ1v) is 14.7. The molecular formula is C30H38F3N5O4. The Hall–Kier alpha value is -3.57. The van der Waals surface area contributed by atoms with Crippen LogP contribution in [0.3, 0.4) is 0 Å². The van der Waals surface area contributed by atoms with E-state index >= 15 is 0 Å². The maximum atomic E-state index is 13.7. The molecule has 0 spiro atoms. The number of piperidine rings is 1. The molecule has 1 aromatic heterocycles. The molecule has 228 valence electrons. The van der Waals surface area contributed by atoms with E-state index in [0.717, 1.165) is 24.6 Å². The number of carboxylic acid groups (broad SMARTS) is 1. The number of likely N-dealkylation sites (N-methyl/N-ethyl adjacent to an activating group) is 1. The van der Waals surface area contributed by atoms with E-state index in [2.05, 4.69) is 5.10 Å². The number of carbonyl (C=O) groups is 3. The molecule has 1 unspecified atom stereocenters. The first-order valence-electron chi connectivity index (χ1n) is 14.7. The third-order valence-electron chi connectivity index (χ3n) is 8.89. The van der Waals surface area contributed by atoms with Crippen molar-refractivity contribution in [2.24, 2.45) is 5.92 Å². The number of aliphatic carboxylic acids is 1. The first-order chi connectivity index (χ1) is 19.9. The van der Waals surface area contributed by atoms with Gasteiger partial charge in [0.25, 0.3) is 5.91 Å². The number of carbonyl (C=O) groups excluding carboxylic acids is 2. The molecule has 3 heterocycles. The lowest BCUT2D eigenvalue weighted by atomic mass is 9.93. The molecule has 42 heavy (non-hydrogen) atoms. The minimum Gasteiger partial charge on any atom is -0.480 e. The highest BCUT2D eigenvalue weighted by Gasteiger charge is 2.41. The van der Waals surface area contributed by atoms with Crippen molar-refractivity contribution in [1.82, 2.24) is 24.5 Å². The van der Waals surface area contributed by atoms with Crippen LogP contribution in [0.25, 0.3) is 0 Å². The third-order valence-corrected chi connectivity index (χ3v) is 8.89. The summed E-state index contributed by atoms with van der Waals surface area (Å²) in [4.78, 5) is 43.1. The van der Waals surface area contributed by atoms with Crippen molar-refractivity contribution in [1.29, 1.82) is 0 Å². The molecule has 2 aromatic rings. The van der Waals surface area contributed by atoms with E-state index in [1.165, 1.54) is 24.1 Å². The molecule has 3 aliphatic rings. The largest absolute Gasteiger partial charge is 0.480 e. The number of nitrogens with zero attached hydrogens (tertiary/aromatic N) is 5. The quantitative estimate of drug-likeness (QED) is 0.478. The maximum absolute atomic E-state index is 13.7. The number of urea groups is 1. The fourth-order valence-corrected chi connectivity index (χ4v) is 6.61. The topological polar surface area (TPSA) is 99.0 Å². The number of hydrogen-bond donors (Lipinski definition) is 1. The molecule has 1 saturated carbocycles. The zero-order valence-corrected chi connectivity index (χ0v) is 24.2. The van der Waals surface area contributed by atoms with Crippen LogP contribution in [0.15, 0.2) is 30.5 Å². The van der Waals surface area contributed by atoms with Gasteiger partial charge in [-0.1, -0.05) is 32.0 Å².